The molecule has 0 bridgehead atoms. The molecule has 20 heavy (non-hydrogen) atoms. The molecule has 0 aromatic heterocycles. The van der Waals surface area contributed by atoms with Crippen molar-refractivity contribution in [2.45, 2.75) is 45.2 Å². The summed E-state index contributed by atoms with van der Waals surface area (Å²) in [5, 5.41) is 9.07. The lowest BCUT2D eigenvalue weighted by atomic mass is 10.1. The zero-order chi connectivity index (χ0) is 15.3. The maximum atomic E-state index is 12.2. The average molecular weight is 308 g/mol. The van der Waals surface area contributed by atoms with Crippen molar-refractivity contribution in [3.8, 4) is 0 Å². The quantitative estimate of drug-likeness (QED) is 0.652. The highest BCUT2D eigenvalue weighted by atomic mass is 32.2. The van der Waals surface area contributed by atoms with Gasteiger partial charge in [0.25, 0.3) is 10.2 Å². The Labute approximate surface area is 118 Å². The van der Waals surface area contributed by atoms with E-state index in [0.717, 1.165) is 4.31 Å². The van der Waals surface area contributed by atoms with Gasteiger partial charge in [0.15, 0.2) is 0 Å². The standard InChI is InChI=1S/C11H20N2O6S/c1-3-19-11(16)8(2)12-20(17,18)13-7-5-4-6-9(13)10(14)15/h8-9,12H,3-7H2,1-2H3,(H,14,15). The van der Waals surface area contributed by atoms with Crippen LogP contribution in [0.25, 0.3) is 0 Å². The van der Waals surface area contributed by atoms with Crippen LogP contribution in [-0.4, -0.2) is 55.0 Å². The van der Waals surface area contributed by atoms with Crippen molar-refractivity contribution in [2.24, 2.45) is 0 Å². The second kappa shape index (κ2) is 7.00. The molecule has 2 N–H and O–H groups in total. The Morgan fingerprint density at radius 3 is 2.65 bits per heavy atom. The molecule has 0 spiro atoms. The van der Waals surface area contributed by atoms with Crippen molar-refractivity contribution in [3.63, 3.8) is 0 Å². The van der Waals surface area contributed by atoms with Crippen LogP contribution < -0.4 is 4.72 Å². The first-order chi connectivity index (χ1) is 9.29. The lowest BCUT2D eigenvalue weighted by Crippen LogP contribution is -2.54. The van der Waals surface area contributed by atoms with Gasteiger partial charge in [0, 0.05) is 6.54 Å². The number of nitrogens with zero attached hydrogens (tertiary/aromatic N) is 1. The molecular formula is C11H20N2O6S. The molecule has 1 heterocycles. The van der Waals surface area contributed by atoms with Crippen molar-refractivity contribution < 1.29 is 27.9 Å². The molecule has 1 aliphatic rings. The zero-order valence-electron chi connectivity index (χ0n) is 11.5. The number of aliphatic carboxylic acids is 1. The molecule has 8 nitrogen and oxygen atoms in total. The molecule has 2 atom stereocenters. The fourth-order valence-electron chi connectivity index (χ4n) is 2.05. The first-order valence-electron chi connectivity index (χ1n) is 6.48. The predicted molar refractivity (Wildman–Crippen MR) is 70.1 cm³/mol. The number of nitrogens with one attached hydrogen (secondary N) is 1. The summed E-state index contributed by atoms with van der Waals surface area (Å²) in [4.78, 5) is 22.5. The summed E-state index contributed by atoms with van der Waals surface area (Å²) < 4.78 is 32.1. The lowest BCUT2D eigenvalue weighted by Gasteiger charge is -2.32. The van der Waals surface area contributed by atoms with Crippen LogP contribution in [-0.2, 0) is 24.5 Å². The largest absolute Gasteiger partial charge is 0.480 e. The fraction of sp³-hybridized carbons (Fsp3) is 0.818. The van der Waals surface area contributed by atoms with Crippen LogP contribution in [0.1, 0.15) is 33.1 Å². The Hall–Kier alpha value is -1.19. The van der Waals surface area contributed by atoms with Crippen LogP contribution in [0, 0.1) is 0 Å². The van der Waals surface area contributed by atoms with Gasteiger partial charge >= 0.3 is 11.9 Å². The monoisotopic (exact) mass is 308 g/mol. The van der Waals surface area contributed by atoms with Gasteiger partial charge in [-0.15, -0.1) is 0 Å². The first-order valence-corrected chi connectivity index (χ1v) is 7.92. The fourth-order valence-corrected chi connectivity index (χ4v) is 3.62. The number of ether oxygens (including phenoxy) is 1. The minimum atomic E-state index is -4.04. The van der Waals surface area contributed by atoms with Crippen LogP contribution in [0.5, 0.6) is 0 Å². The predicted octanol–water partition coefficient (Wildman–Crippen LogP) is -0.288. The Bertz CT molecular complexity index is 464. The highest BCUT2D eigenvalue weighted by Crippen LogP contribution is 2.20. The van der Waals surface area contributed by atoms with Gasteiger partial charge in [-0.25, -0.2) is 0 Å². The molecule has 1 rings (SSSR count). The van der Waals surface area contributed by atoms with Gasteiger partial charge in [-0.1, -0.05) is 0 Å². The van der Waals surface area contributed by atoms with Crippen LogP contribution in [0.2, 0.25) is 0 Å². The molecule has 2 unspecified atom stereocenters. The maximum Gasteiger partial charge on any atom is 0.323 e. The van der Waals surface area contributed by atoms with E-state index in [-0.39, 0.29) is 19.6 Å². The van der Waals surface area contributed by atoms with E-state index in [1.165, 1.54) is 6.92 Å². The van der Waals surface area contributed by atoms with Gasteiger partial charge in [0.1, 0.15) is 12.1 Å². The van der Waals surface area contributed by atoms with Crippen molar-refractivity contribution in [2.75, 3.05) is 13.2 Å². The van der Waals surface area contributed by atoms with E-state index in [4.69, 9.17) is 9.84 Å². The van der Waals surface area contributed by atoms with E-state index < -0.39 is 34.2 Å². The molecule has 1 saturated heterocycles. The summed E-state index contributed by atoms with van der Waals surface area (Å²) in [7, 11) is -4.04. The van der Waals surface area contributed by atoms with E-state index in [1.807, 2.05) is 0 Å². The van der Waals surface area contributed by atoms with Crippen molar-refractivity contribution >= 4 is 22.1 Å². The summed E-state index contributed by atoms with van der Waals surface area (Å²) >= 11 is 0. The van der Waals surface area contributed by atoms with Crippen LogP contribution >= 0.6 is 0 Å². The maximum absolute atomic E-state index is 12.2. The number of carbonyl (C=O) groups is 2. The molecule has 9 heteroatoms. The number of carboxylic acids is 1. The molecule has 0 aromatic rings. The summed E-state index contributed by atoms with van der Waals surface area (Å²) in [6.07, 6.45) is 1.53. The topological polar surface area (TPSA) is 113 Å². The van der Waals surface area contributed by atoms with Crippen molar-refractivity contribution in [1.82, 2.24) is 9.03 Å². The van der Waals surface area contributed by atoms with Gasteiger partial charge in [-0.2, -0.15) is 17.4 Å². The number of piperidine rings is 1. The van der Waals surface area contributed by atoms with Gasteiger partial charge in [0.2, 0.25) is 0 Å². The Morgan fingerprint density at radius 1 is 1.45 bits per heavy atom. The summed E-state index contributed by atoms with van der Waals surface area (Å²) in [5.74, 6) is -1.88. The van der Waals surface area contributed by atoms with E-state index in [9.17, 15) is 18.0 Å². The average Bonchev–Trinajstić information content (AvgIpc) is 2.38. The van der Waals surface area contributed by atoms with Gasteiger partial charge in [0.05, 0.1) is 6.61 Å². The molecular weight excluding hydrogens is 288 g/mol. The van der Waals surface area contributed by atoms with Crippen molar-refractivity contribution in [1.29, 1.82) is 0 Å². The smallest absolute Gasteiger partial charge is 0.323 e. The Kier molecular flexibility index (Phi) is 5.90. The number of rotatable bonds is 6. The number of hydrogen-bond acceptors (Lipinski definition) is 5. The van der Waals surface area contributed by atoms with Crippen molar-refractivity contribution in [3.05, 3.63) is 0 Å². The first kappa shape index (κ1) is 16.9. The minimum Gasteiger partial charge on any atom is -0.480 e. The summed E-state index contributed by atoms with van der Waals surface area (Å²) in [5.41, 5.74) is 0. The molecule has 0 saturated carbocycles. The minimum absolute atomic E-state index is 0.127. The molecule has 1 fully saturated rings. The lowest BCUT2D eigenvalue weighted by molar-refractivity contribution is -0.144. The third-order valence-corrected chi connectivity index (χ3v) is 4.72. The van der Waals surface area contributed by atoms with Crippen LogP contribution in [0.4, 0.5) is 0 Å². The van der Waals surface area contributed by atoms with E-state index in [1.54, 1.807) is 6.92 Å². The van der Waals surface area contributed by atoms with Gasteiger partial charge < -0.3 is 9.84 Å². The Morgan fingerprint density at radius 2 is 2.10 bits per heavy atom. The van der Waals surface area contributed by atoms with Gasteiger partial charge in [-0.3, -0.25) is 9.59 Å². The highest BCUT2D eigenvalue weighted by molar-refractivity contribution is 7.87. The third-order valence-electron chi connectivity index (χ3n) is 3.01. The second-order valence-electron chi connectivity index (χ2n) is 4.56. The number of esters is 1. The Balaban J connectivity index is 2.80. The SMILES string of the molecule is CCOC(=O)C(C)NS(=O)(=O)N1CCCCC1C(=O)O. The number of carboxylic acid groups (broad SMARTS) is 1. The molecule has 0 amide bonds. The van der Waals surface area contributed by atoms with E-state index in [0.29, 0.717) is 12.8 Å². The highest BCUT2D eigenvalue weighted by Gasteiger charge is 2.38. The molecule has 0 radical (unpaired) electrons. The normalized spacial score (nSPS) is 22.2. The summed E-state index contributed by atoms with van der Waals surface area (Å²) in [6.45, 7) is 3.24. The van der Waals surface area contributed by atoms with E-state index >= 15 is 0 Å². The van der Waals surface area contributed by atoms with Crippen LogP contribution in [0.3, 0.4) is 0 Å². The number of carbonyl (C=O) groups excluding carboxylic acids is 1. The second-order valence-corrected chi connectivity index (χ2v) is 6.21. The zero-order valence-corrected chi connectivity index (χ0v) is 12.4. The summed E-state index contributed by atoms with van der Waals surface area (Å²) in [6, 6.07) is -2.15. The molecule has 116 valence electrons. The third kappa shape index (κ3) is 4.15. The van der Waals surface area contributed by atoms with Crippen LogP contribution in [0.15, 0.2) is 0 Å². The number of hydrogen-bond donors (Lipinski definition) is 2. The van der Waals surface area contributed by atoms with Gasteiger partial charge in [-0.05, 0) is 33.1 Å². The van der Waals surface area contributed by atoms with E-state index in [2.05, 4.69) is 4.72 Å². The molecule has 0 aromatic carbocycles. The molecule has 1 aliphatic heterocycles. The molecule has 0 aliphatic carbocycles.